The van der Waals surface area contributed by atoms with E-state index in [1.165, 1.54) is 30.6 Å². The second-order valence-electron chi connectivity index (χ2n) is 5.41. The third kappa shape index (κ3) is 2.72. The van der Waals surface area contributed by atoms with Crippen LogP contribution in [0.4, 0.5) is 0 Å². The number of nitrogens with one attached hydrogen (secondary N) is 1. The van der Waals surface area contributed by atoms with Crippen molar-refractivity contribution in [1.82, 2.24) is 15.2 Å². The summed E-state index contributed by atoms with van der Waals surface area (Å²) in [6.07, 6.45) is 7.26. The molecule has 3 rings (SSSR count). The van der Waals surface area contributed by atoms with E-state index in [1.807, 2.05) is 6.20 Å². The molecule has 2 unspecified atom stereocenters. The minimum absolute atomic E-state index is 0.659. The minimum atomic E-state index is 0.659. The Balaban J connectivity index is 1.65. The van der Waals surface area contributed by atoms with Crippen LogP contribution in [0, 0.1) is 0 Å². The van der Waals surface area contributed by atoms with Gasteiger partial charge in [0.2, 0.25) is 0 Å². The van der Waals surface area contributed by atoms with Gasteiger partial charge >= 0.3 is 0 Å². The first-order valence-electron chi connectivity index (χ1n) is 6.85. The van der Waals surface area contributed by atoms with Crippen molar-refractivity contribution in [1.29, 1.82) is 0 Å². The summed E-state index contributed by atoms with van der Waals surface area (Å²) in [7, 11) is 0. The van der Waals surface area contributed by atoms with Crippen molar-refractivity contribution in [2.24, 2.45) is 0 Å². The topological polar surface area (TPSA) is 28.2 Å². The molecule has 1 aromatic heterocycles. The molecule has 1 N–H and O–H groups in total. The van der Waals surface area contributed by atoms with Gasteiger partial charge in [-0.15, -0.1) is 11.3 Å². The van der Waals surface area contributed by atoms with Gasteiger partial charge in [0.05, 0.1) is 0 Å². The summed E-state index contributed by atoms with van der Waals surface area (Å²) < 4.78 is 0.659. The van der Waals surface area contributed by atoms with Crippen molar-refractivity contribution in [3.8, 4) is 0 Å². The molecule has 1 aromatic rings. The number of aromatic nitrogens is 1. The van der Waals surface area contributed by atoms with Gasteiger partial charge in [-0.2, -0.15) is 0 Å². The Morgan fingerprint density at radius 3 is 2.72 bits per heavy atom. The lowest BCUT2D eigenvalue weighted by Crippen LogP contribution is -2.47. The maximum Gasteiger partial charge on any atom is 0.183 e. The van der Waals surface area contributed by atoms with Crippen molar-refractivity contribution in [3.05, 3.63) is 15.5 Å². The smallest absolute Gasteiger partial charge is 0.183 e. The van der Waals surface area contributed by atoms with Crippen LogP contribution in [0.5, 0.6) is 0 Å². The van der Waals surface area contributed by atoms with E-state index in [0.29, 0.717) is 4.47 Å². The van der Waals surface area contributed by atoms with Crippen LogP contribution in [0.25, 0.3) is 0 Å². The Labute approximate surface area is 118 Å². The van der Waals surface area contributed by atoms with E-state index in [-0.39, 0.29) is 0 Å². The lowest BCUT2D eigenvalue weighted by atomic mass is 9.98. The predicted octanol–water partition coefficient (Wildman–Crippen LogP) is 2.90. The molecule has 0 aliphatic carbocycles. The highest BCUT2D eigenvalue weighted by Gasteiger charge is 2.35. The zero-order chi connectivity index (χ0) is 12.5. The molecule has 0 amide bonds. The van der Waals surface area contributed by atoms with Crippen molar-refractivity contribution < 1.29 is 0 Å². The fraction of sp³-hybridized carbons (Fsp3) is 0.769. The molecule has 3 heterocycles. The Hall–Kier alpha value is -0.160. The molecule has 0 radical (unpaired) electrons. The number of hydrogen-bond acceptors (Lipinski definition) is 4. The number of piperidine rings is 1. The third-order valence-electron chi connectivity index (χ3n) is 4.26. The molecule has 100 valence electrons. The van der Waals surface area contributed by atoms with Crippen LogP contribution >= 0.6 is 22.9 Å². The molecule has 18 heavy (non-hydrogen) atoms. The number of nitrogens with zero attached hydrogens (tertiary/aromatic N) is 2. The molecule has 2 atom stereocenters. The number of hydrogen-bond donors (Lipinski definition) is 1. The summed E-state index contributed by atoms with van der Waals surface area (Å²) in [5.74, 6) is 0. The van der Waals surface area contributed by atoms with E-state index in [4.69, 9.17) is 11.6 Å². The number of rotatable bonds is 4. The quantitative estimate of drug-likeness (QED) is 0.922. The summed E-state index contributed by atoms with van der Waals surface area (Å²) in [6, 6.07) is 2.25. The average molecular weight is 286 g/mol. The first-order chi connectivity index (χ1) is 8.74. The van der Waals surface area contributed by atoms with Gasteiger partial charge in [0, 0.05) is 35.7 Å². The summed E-state index contributed by atoms with van der Waals surface area (Å²) in [5.41, 5.74) is 0. The van der Waals surface area contributed by atoms with E-state index in [9.17, 15) is 0 Å². The molecule has 2 fully saturated rings. The molecule has 2 bridgehead atoms. The molecule has 2 saturated heterocycles. The number of thiazole rings is 1. The van der Waals surface area contributed by atoms with E-state index >= 15 is 0 Å². The molecule has 0 spiro atoms. The van der Waals surface area contributed by atoms with Crippen LogP contribution in [0.1, 0.15) is 37.5 Å². The monoisotopic (exact) mass is 285 g/mol. The van der Waals surface area contributed by atoms with Gasteiger partial charge in [-0.1, -0.05) is 18.5 Å². The van der Waals surface area contributed by atoms with Crippen LogP contribution in [-0.2, 0) is 6.54 Å². The average Bonchev–Trinajstić information content (AvgIpc) is 2.92. The van der Waals surface area contributed by atoms with Crippen LogP contribution in [0.15, 0.2) is 6.20 Å². The molecule has 2 aliphatic heterocycles. The standard InChI is InChI=1S/C13H20ClN3S/c1-2-17(8-12-7-15-13(14)18-12)11-5-9-3-4-10(6-11)16-9/h7,9-11,16H,2-6,8H2,1H3. The highest BCUT2D eigenvalue weighted by atomic mass is 35.5. The summed E-state index contributed by atoms with van der Waals surface area (Å²) >= 11 is 7.52. The second-order valence-corrected chi connectivity index (χ2v) is 7.10. The molecule has 3 nitrogen and oxygen atoms in total. The zero-order valence-corrected chi connectivity index (χ0v) is 12.3. The minimum Gasteiger partial charge on any atom is -0.311 e. The summed E-state index contributed by atoms with van der Waals surface area (Å²) in [4.78, 5) is 8.01. The summed E-state index contributed by atoms with van der Waals surface area (Å²) in [5, 5.41) is 3.71. The molecule has 5 heteroatoms. The maximum absolute atomic E-state index is 5.91. The lowest BCUT2D eigenvalue weighted by molar-refractivity contribution is 0.142. The highest BCUT2D eigenvalue weighted by Crippen LogP contribution is 2.31. The fourth-order valence-corrected chi connectivity index (χ4v) is 4.38. The molecular formula is C13H20ClN3S. The Kier molecular flexibility index (Phi) is 3.89. The van der Waals surface area contributed by atoms with Gasteiger partial charge in [-0.05, 0) is 32.2 Å². The van der Waals surface area contributed by atoms with Gasteiger partial charge in [0.15, 0.2) is 4.47 Å². The number of fused-ring (bicyclic) bond motifs is 2. The first kappa shape index (κ1) is 12.9. The van der Waals surface area contributed by atoms with E-state index in [0.717, 1.165) is 31.2 Å². The van der Waals surface area contributed by atoms with Crippen molar-refractivity contribution >= 4 is 22.9 Å². The van der Waals surface area contributed by atoms with Gasteiger partial charge in [0.1, 0.15) is 0 Å². The molecular weight excluding hydrogens is 266 g/mol. The van der Waals surface area contributed by atoms with Gasteiger partial charge in [0.25, 0.3) is 0 Å². The van der Waals surface area contributed by atoms with Gasteiger partial charge in [-0.25, -0.2) is 4.98 Å². The van der Waals surface area contributed by atoms with Crippen LogP contribution in [0.2, 0.25) is 4.47 Å². The third-order valence-corrected chi connectivity index (χ3v) is 5.35. The molecule has 0 saturated carbocycles. The Morgan fingerprint density at radius 1 is 1.44 bits per heavy atom. The van der Waals surface area contributed by atoms with E-state index in [1.54, 1.807) is 11.3 Å². The Morgan fingerprint density at radius 2 is 2.17 bits per heavy atom. The maximum atomic E-state index is 5.91. The lowest BCUT2D eigenvalue weighted by Gasteiger charge is -2.37. The highest BCUT2D eigenvalue weighted by molar-refractivity contribution is 7.15. The SMILES string of the molecule is CCN(Cc1cnc(Cl)s1)C1CC2CCC(C1)N2. The fourth-order valence-electron chi connectivity index (χ4n) is 3.38. The van der Waals surface area contributed by atoms with Crippen molar-refractivity contribution in [2.45, 2.75) is 57.3 Å². The molecule has 2 aliphatic rings. The largest absolute Gasteiger partial charge is 0.311 e. The summed E-state index contributed by atoms with van der Waals surface area (Å²) in [6.45, 7) is 4.37. The molecule has 0 aromatic carbocycles. The van der Waals surface area contributed by atoms with Crippen LogP contribution in [-0.4, -0.2) is 34.6 Å². The van der Waals surface area contributed by atoms with Gasteiger partial charge in [-0.3, -0.25) is 4.90 Å². The van der Waals surface area contributed by atoms with Crippen molar-refractivity contribution in [2.75, 3.05) is 6.54 Å². The second kappa shape index (κ2) is 5.45. The van der Waals surface area contributed by atoms with Crippen LogP contribution in [0.3, 0.4) is 0 Å². The number of halogens is 1. The van der Waals surface area contributed by atoms with E-state index < -0.39 is 0 Å². The normalized spacial score (nSPS) is 31.2. The van der Waals surface area contributed by atoms with Crippen molar-refractivity contribution in [3.63, 3.8) is 0 Å². The zero-order valence-electron chi connectivity index (χ0n) is 10.7. The van der Waals surface area contributed by atoms with Gasteiger partial charge < -0.3 is 5.32 Å². The Bertz CT molecular complexity index is 397. The van der Waals surface area contributed by atoms with Crippen LogP contribution < -0.4 is 5.32 Å². The van der Waals surface area contributed by atoms with E-state index in [2.05, 4.69) is 22.1 Å². The predicted molar refractivity (Wildman–Crippen MR) is 76.2 cm³/mol. The first-order valence-corrected chi connectivity index (χ1v) is 8.04.